The van der Waals surface area contributed by atoms with Gasteiger partial charge in [-0.05, 0) is 24.3 Å². The Morgan fingerprint density at radius 2 is 2.20 bits per heavy atom. The average molecular weight is 288 g/mol. The standard InChI is InChI=1S/C13H12N4O2S/c14-17-12(18)11-6-5-8(19-11)7-20-13-15-9-3-1-2-4-10(9)16-13/h1-6H,7,14H2,(H,15,16)(H,17,18). The van der Waals surface area contributed by atoms with Crippen molar-refractivity contribution >= 4 is 28.7 Å². The number of imidazole rings is 1. The molecule has 2 heterocycles. The van der Waals surface area contributed by atoms with Crippen LogP contribution < -0.4 is 11.3 Å². The number of thioether (sulfide) groups is 1. The highest BCUT2D eigenvalue weighted by Crippen LogP contribution is 2.23. The van der Waals surface area contributed by atoms with E-state index in [-0.39, 0.29) is 5.76 Å². The second-order valence-electron chi connectivity index (χ2n) is 4.09. The number of hydrogen-bond donors (Lipinski definition) is 3. The molecular weight excluding hydrogens is 276 g/mol. The summed E-state index contributed by atoms with van der Waals surface area (Å²) in [4.78, 5) is 18.9. The summed E-state index contributed by atoms with van der Waals surface area (Å²) in [6.45, 7) is 0. The van der Waals surface area contributed by atoms with Gasteiger partial charge in [-0.15, -0.1) is 0 Å². The molecule has 0 unspecified atom stereocenters. The number of carbonyl (C=O) groups is 1. The first kappa shape index (κ1) is 12.8. The van der Waals surface area contributed by atoms with Crippen LogP contribution in [-0.2, 0) is 5.75 Å². The monoisotopic (exact) mass is 288 g/mol. The Morgan fingerprint density at radius 3 is 3.00 bits per heavy atom. The normalized spacial score (nSPS) is 10.8. The molecule has 0 bridgehead atoms. The van der Waals surface area contributed by atoms with Gasteiger partial charge < -0.3 is 9.40 Å². The quantitative estimate of drug-likeness (QED) is 0.295. The van der Waals surface area contributed by atoms with Gasteiger partial charge in [0.25, 0.3) is 0 Å². The van der Waals surface area contributed by atoms with E-state index in [1.807, 2.05) is 29.7 Å². The van der Waals surface area contributed by atoms with Crippen LogP contribution in [0.4, 0.5) is 0 Å². The lowest BCUT2D eigenvalue weighted by molar-refractivity contribution is 0.0924. The number of amides is 1. The molecule has 0 aliphatic heterocycles. The van der Waals surface area contributed by atoms with Crippen LogP contribution in [0.1, 0.15) is 16.3 Å². The Balaban J connectivity index is 1.69. The van der Waals surface area contributed by atoms with Crippen LogP contribution in [-0.4, -0.2) is 15.9 Å². The molecule has 0 atom stereocenters. The van der Waals surface area contributed by atoms with E-state index in [2.05, 4.69) is 9.97 Å². The summed E-state index contributed by atoms with van der Waals surface area (Å²) >= 11 is 1.51. The lowest BCUT2D eigenvalue weighted by Gasteiger charge is -1.95. The van der Waals surface area contributed by atoms with Crippen LogP contribution in [0.15, 0.2) is 46.0 Å². The van der Waals surface area contributed by atoms with Crippen LogP contribution in [0.25, 0.3) is 11.0 Å². The lowest BCUT2D eigenvalue weighted by Crippen LogP contribution is -2.29. The maximum Gasteiger partial charge on any atom is 0.300 e. The Morgan fingerprint density at radius 1 is 1.35 bits per heavy atom. The van der Waals surface area contributed by atoms with Crippen LogP contribution in [0.3, 0.4) is 0 Å². The number of nitrogens with one attached hydrogen (secondary N) is 2. The van der Waals surface area contributed by atoms with Gasteiger partial charge in [-0.2, -0.15) is 0 Å². The number of para-hydroxylation sites is 2. The number of aromatic nitrogens is 2. The van der Waals surface area contributed by atoms with Crippen molar-refractivity contribution < 1.29 is 9.21 Å². The highest BCUT2D eigenvalue weighted by Gasteiger charge is 2.10. The van der Waals surface area contributed by atoms with E-state index in [1.165, 1.54) is 11.8 Å². The van der Waals surface area contributed by atoms with Crippen LogP contribution in [0, 0.1) is 0 Å². The summed E-state index contributed by atoms with van der Waals surface area (Å²) < 4.78 is 5.38. The Hall–Kier alpha value is -2.25. The third kappa shape index (κ3) is 2.54. The van der Waals surface area contributed by atoms with Gasteiger partial charge in [0.1, 0.15) is 5.76 Å². The van der Waals surface area contributed by atoms with Crippen molar-refractivity contribution in [1.29, 1.82) is 0 Å². The van der Waals surface area contributed by atoms with Gasteiger partial charge in [0, 0.05) is 0 Å². The smallest absolute Gasteiger partial charge is 0.300 e. The molecule has 3 rings (SSSR count). The molecule has 1 aromatic carbocycles. The van der Waals surface area contributed by atoms with Crippen LogP contribution >= 0.6 is 11.8 Å². The molecule has 6 nitrogen and oxygen atoms in total. The molecule has 7 heteroatoms. The summed E-state index contributed by atoms with van der Waals surface area (Å²) in [5, 5.41) is 0.812. The molecule has 0 radical (unpaired) electrons. The zero-order chi connectivity index (χ0) is 13.9. The number of carbonyl (C=O) groups excluding carboxylic acids is 1. The zero-order valence-electron chi connectivity index (χ0n) is 10.4. The second-order valence-corrected chi connectivity index (χ2v) is 5.05. The predicted octanol–water partition coefficient (Wildman–Crippen LogP) is 2.05. The predicted molar refractivity (Wildman–Crippen MR) is 76.0 cm³/mol. The van der Waals surface area contributed by atoms with E-state index < -0.39 is 5.91 Å². The number of furan rings is 1. The van der Waals surface area contributed by atoms with E-state index in [0.29, 0.717) is 11.5 Å². The van der Waals surface area contributed by atoms with Gasteiger partial charge in [0.2, 0.25) is 0 Å². The minimum atomic E-state index is -0.440. The minimum absolute atomic E-state index is 0.202. The number of nitrogens with zero attached hydrogens (tertiary/aromatic N) is 1. The van der Waals surface area contributed by atoms with E-state index in [0.717, 1.165) is 16.2 Å². The molecule has 20 heavy (non-hydrogen) atoms. The minimum Gasteiger partial charge on any atom is -0.455 e. The molecule has 0 saturated heterocycles. The number of H-pyrrole nitrogens is 1. The molecular formula is C13H12N4O2S. The average Bonchev–Trinajstić information content (AvgIpc) is 3.10. The SMILES string of the molecule is NNC(=O)c1ccc(CSc2nc3ccccc3[nH]2)o1. The first-order chi connectivity index (χ1) is 9.76. The summed E-state index contributed by atoms with van der Waals surface area (Å²) in [5.74, 6) is 6.07. The second kappa shape index (κ2) is 5.40. The lowest BCUT2D eigenvalue weighted by atomic mass is 10.3. The number of rotatable bonds is 4. The Bertz CT molecular complexity index is 717. The summed E-state index contributed by atoms with van der Waals surface area (Å²) in [6.07, 6.45) is 0. The molecule has 0 spiro atoms. The maximum atomic E-state index is 11.3. The molecule has 2 aromatic heterocycles. The number of nitrogens with two attached hydrogens (primary N) is 1. The highest BCUT2D eigenvalue weighted by atomic mass is 32.2. The molecule has 4 N–H and O–H groups in total. The van der Waals surface area contributed by atoms with Gasteiger partial charge in [0.05, 0.1) is 16.8 Å². The zero-order valence-corrected chi connectivity index (χ0v) is 11.2. The van der Waals surface area contributed by atoms with E-state index >= 15 is 0 Å². The Labute approximate surface area is 118 Å². The molecule has 0 fully saturated rings. The Kier molecular flexibility index (Phi) is 3.44. The number of hydrogen-bond acceptors (Lipinski definition) is 5. The summed E-state index contributed by atoms with van der Waals surface area (Å²) in [6, 6.07) is 11.2. The van der Waals surface area contributed by atoms with Crippen molar-refractivity contribution in [2.75, 3.05) is 0 Å². The van der Waals surface area contributed by atoms with Crippen molar-refractivity contribution in [1.82, 2.24) is 15.4 Å². The van der Waals surface area contributed by atoms with Gasteiger partial charge in [-0.25, -0.2) is 10.8 Å². The number of hydrazine groups is 1. The van der Waals surface area contributed by atoms with Gasteiger partial charge in [0.15, 0.2) is 10.9 Å². The third-order valence-corrected chi connectivity index (χ3v) is 3.63. The maximum absolute atomic E-state index is 11.3. The van der Waals surface area contributed by atoms with E-state index in [9.17, 15) is 4.79 Å². The largest absolute Gasteiger partial charge is 0.455 e. The number of fused-ring (bicyclic) bond motifs is 1. The first-order valence-corrected chi connectivity index (χ1v) is 6.92. The molecule has 0 saturated carbocycles. The van der Waals surface area contributed by atoms with Gasteiger partial charge >= 0.3 is 5.91 Å². The van der Waals surface area contributed by atoms with Crippen molar-refractivity contribution in [2.45, 2.75) is 10.9 Å². The fourth-order valence-corrected chi connectivity index (χ4v) is 2.57. The fraction of sp³-hybridized carbons (Fsp3) is 0.0769. The van der Waals surface area contributed by atoms with Crippen molar-refractivity contribution in [3.63, 3.8) is 0 Å². The number of aromatic amines is 1. The fourth-order valence-electron chi connectivity index (χ4n) is 1.79. The molecule has 0 aliphatic rings. The van der Waals surface area contributed by atoms with E-state index in [1.54, 1.807) is 12.1 Å². The third-order valence-electron chi connectivity index (χ3n) is 2.74. The van der Waals surface area contributed by atoms with Crippen LogP contribution in [0.5, 0.6) is 0 Å². The van der Waals surface area contributed by atoms with Crippen molar-refractivity contribution in [3.8, 4) is 0 Å². The topological polar surface area (TPSA) is 96.9 Å². The van der Waals surface area contributed by atoms with Crippen molar-refractivity contribution in [3.05, 3.63) is 47.9 Å². The van der Waals surface area contributed by atoms with Crippen molar-refractivity contribution in [2.24, 2.45) is 5.84 Å². The summed E-state index contributed by atoms with van der Waals surface area (Å²) in [5.41, 5.74) is 3.95. The molecule has 102 valence electrons. The molecule has 0 aliphatic carbocycles. The van der Waals surface area contributed by atoms with Crippen LogP contribution in [0.2, 0.25) is 0 Å². The first-order valence-electron chi connectivity index (χ1n) is 5.93. The molecule has 3 aromatic rings. The van der Waals surface area contributed by atoms with Gasteiger partial charge in [-0.1, -0.05) is 23.9 Å². The van der Waals surface area contributed by atoms with E-state index in [4.69, 9.17) is 10.3 Å². The highest BCUT2D eigenvalue weighted by molar-refractivity contribution is 7.98. The van der Waals surface area contributed by atoms with Gasteiger partial charge in [-0.3, -0.25) is 10.2 Å². The number of nitrogen functional groups attached to an aromatic ring is 1. The summed E-state index contributed by atoms with van der Waals surface area (Å²) in [7, 11) is 0. The number of benzene rings is 1. The molecule has 1 amide bonds.